The van der Waals surface area contributed by atoms with Crippen molar-refractivity contribution < 1.29 is 9.18 Å². The van der Waals surface area contributed by atoms with Crippen LogP contribution in [0.5, 0.6) is 0 Å². The summed E-state index contributed by atoms with van der Waals surface area (Å²) in [5, 5.41) is 11.9. The minimum atomic E-state index is -0.288. The Bertz CT molecular complexity index is 796. The van der Waals surface area contributed by atoms with Crippen LogP contribution in [-0.2, 0) is 17.8 Å². The molecule has 0 radical (unpaired) electrons. The lowest BCUT2D eigenvalue weighted by atomic mass is 9.97. The van der Waals surface area contributed by atoms with Crippen LogP contribution in [0.2, 0.25) is 0 Å². The van der Waals surface area contributed by atoms with Gasteiger partial charge in [-0.1, -0.05) is 24.3 Å². The fourth-order valence-corrected chi connectivity index (χ4v) is 3.51. The molecule has 1 amide bonds. The maximum atomic E-state index is 12.9. The third-order valence-corrected chi connectivity index (χ3v) is 4.96. The van der Waals surface area contributed by atoms with Gasteiger partial charge in [0.15, 0.2) is 0 Å². The molecule has 1 saturated heterocycles. The number of carbonyl (C=O) groups excluding carboxylic acids is 1. The molecule has 3 rings (SSSR count). The first kappa shape index (κ1) is 19.1. The molecule has 1 fully saturated rings. The van der Waals surface area contributed by atoms with E-state index in [0.717, 1.165) is 38.0 Å². The van der Waals surface area contributed by atoms with E-state index in [0.29, 0.717) is 18.0 Å². The number of nitrogens with zero attached hydrogens (tertiary/aromatic N) is 2. The SMILES string of the molecule is N#Cc1ccc(CN2CCCC(CNC(=O)Cc3ccc(F)cc3)C2)cc1. The summed E-state index contributed by atoms with van der Waals surface area (Å²) < 4.78 is 12.9. The largest absolute Gasteiger partial charge is 0.355 e. The Balaban J connectivity index is 1.44. The minimum Gasteiger partial charge on any atom is -0.355 e. The summed E-state index contributed by atoms with van der Waals surface area (Å²) in [6.45, 7) is 3.55. The van der Waals surface area contributed by atoms with Crippen LogP contribution in [0.25, 0.3) is 0 Å². The fraction of sp³-hybridized carbons (Fsp3) is 0.364. The van der Waals surface area contributed by atoms with E-state index < -0.39 is 0 Å². The molecule has 2 aromatic carbocycles. The number of hydrogen-bond acceptors (Lipinski definition) is 3. The first-order chi connectivity index (χ1) is 13.1. The van der Waals surface area contributed by atoms with Crippen molar-refractivity contribution in [1.82, 2.24) is 10.2 Å². The molecule has 2 aromatic rings. The summed E-state index contributed by atoms with van der Waals surface area (Å²) in [5.74, 6) is 0.129. The van der Waals surface area contributed by atoms with Crippen LogP contribution in [0.4, 0.5) is 4.39 Å². The van der Waals surface area contributed by atoms with Crippen molar-refractivity contribution in [3.05, 3.63) is 71.0 Å². The standard InChI is InChI=1S/C22H24FN3O/c23-21-9-7-17(8-10-21)12-22(27)25-14-20-2-1-11-26(16-20)15-19-5-3-18(13-24)4-6-19/h3-10,20H,1-2,11-12,14-16H2,(H,25,27). The molecule has 1 atom stereocenters. The van der Waals surface area contributed by atoms with Gasteiger partial charge in [-0.2, -0.15) is 5.26 Å². The lowest BCUT2D eigenvalue weighted by Gasteiger charge is -2.32. The number of nitriles is 1. The number of likely N-dealkylation sites (tertiary alicyclic amines) is 1. The molecule has 5 heteroatoms. The predicted molar refractivity (Wildman–Crippen MR) is 102 cm³/mol. The lowest BCUT2D eigenvalue weighted by Crippen LogP contribution is -2.40. The molecule has 0 bridgehead atoms. The maximum Gasteiger partial charge on any atom is 0.224 e. The van der Waals surface area contributed by atoms with E-state index in [2.05, 4.69) is 16.3 Å². The van der Waals surface area contributed by atoms with Gasteiger partial charge in [-0.25, -0.2) is 4.39 Å². The molecule has 0 aliphatic carbocycles. The lowest BCUT2D eigenvalue weighted by molar-refractivity contribution is -0.120. The molecule has 1 aliphatic heterocycles. The number of benzene rings is 2. The third-order valence-electron chi connectivity index (χ3n) is 4.96. The minimum absolute atomic E-state index is 0.0224. The quantitative estimate of drug-likeness (QED) is 0.855. The third kappa shape index (κ3) is 5.90. The Morgan fingerprint density at radius 3 is 2.56 bits per heavy atom. The highest BCUT2D eigenvalue weighted by Gasteiger charge is 2.20. The molecule has 0 aromatic heterocycles. The Hall–Kier alpha value is -2.71. The zero-order valence-corrected chi connectivity index (χ0v) is 15.3. The highest BCUT2D eigenvalue weighted by Crippen LogP contribution is 2.18. The van der Waals surface area contributed by atoms with Gasteiger partial charge in [0, 0.05) is 19.6 Å². The van der Waals surface area contributed by atoms with Crippen molar-refractivity contribution in [2.75, 3.05) is 19.6 Å². The van der Waals surface area contributed by atoms with Gasteiger partial charge < -0.3 is 5.32 Å². The maximum absolute atomic E-state index is 12.9. The Morgan fingerprint density at radius 2 is 1.85 bits per heavy atom. The summed E-state index contributed by atoms with van der Waals surface area (Å²) in [6, 6.07) is 15.9. The molecule has 1 unspecified atom stereocenters. The van der Waals surface area contributed by atoms with Crippen molar-refractivity contribution in [1.29, 1.82) is 5.26 Å². The first-order valence-corrected chi connectivity index (χ1v) is 9.35. The van der Waals surface area contributed by atoms with Gasteiger partial charge in [0.2, 0.25) is 5.91 Å². The molecule has 1 aliphatic rings. The Labute approximate surface area is 159 Å². The first-order valence-electron chi connectivity index (χ1n) is 9.35. The number of nitrogens with one attached hydrogen (secondary N) is 1. The second-order valence-corrected chi connectivity index (χ2v) is 7.16. The van der Waals surface area contributed by atoms with Crippen LogP contribution in [0.1, 0.15) is 29.5 Å². The summed E-state index contributed by atoms with van der Waals surface area (Å²) in [5.41, 5.74) is 2.70. The number of halogens is 1. The van der Waals surface area contributed by atoms with E-state index in [9.17, 15) is 9.18 Å². The van der Waals surface area contributed by atoms with Crippen LogP contribution < -0.4 is 5.32 Å². The van der Waals surface area contributed by atoms with Gasteiger partial charge in [-0.15, -0.1) is 0 Å². The Morgan fingerprint density at radius 1 is 1.15 bits per heavy atom. The second-order valence-electron chi connectivity index (χ2n) is 7.16. The van der Waals surface area contributed by atoms with Gasteiger partial charge >= 0.3 is 0 Å². The summed E-state index contributed by atoms with van der Waals surface area (Å²) in [6.07, 6.45) is 2.51. The average molecular weight is 365 g/mol. The molecule has 1 heterocycles. The van der Waals surface area contributed by atoms with Crippen molar-refractivity contribution in [3.63, 3.8) is 0 Å². The van der Waals surface area contributed by atoms with Gasteiger partial charge in [-0.05, 0) is 60.7 Å². The summed E-state index contributed by atoms with van der Waals surface area (Å²) >= 11 is 0. The van der Waals surface area contributed by atoms with E-state index >= 15 is 0 Å². The zero-order chi connectivity index (χ0) is 19.1. The highest BCUT2D eigenvalue weighted by atomic mass is 19.1. The van der Waals surface area contributed by atoms with Crippen LogP contribution in [0.15, 0.2) is 48.5 Å². The number of amides is 1. The van der Waals surface area contributed by atoms with Crippen molar-refractivity contribution in [2.45, 2.75) is 25.8 Å². The molecule has 0 spiro atoms. The zero-order valence-electron chi connectivity index (χ0n) is 15.3. The van der Waals surface area contributed by atoms with Gasteiger partial charge in [0.05, 0.1) is 18.1 Å². The molecule has 140 valence electrons. The van der Waals surface area contributed by atoms with E-state index in [1.54, 1.807) is 12.1 Å². The molecule has 27 heavy (non-hydrogen) atoms. The molecule has 0 saturated carbocycles. The monoisotopic (exact) mass is 365 g/mol. The van der Waals surface area contributed by atoms with Crippen molar-refractivity contribution in [3.8, 4) is 6.07 Å². The highest BCUT2D eigenvalue weighted by molar-refractivity contribution is 5.78. The van der Waals surface area contributed by atoms with Crippen molar-refractivity contribution >= 4 is 5.91 Å². The van der Waals surface area contributed by atoms with Crippen LogP contribution in [0.3, 0.4) is 0 Å². The molecule has 4 nitrogen and oxygen atoms in total. The van der Waals surface area contributed by atoms with Gasteiger partial charge in [0.25, 0.3) is 0 Å². The normalized spacial score (nSPS) is 17.3. The van der Waals surface area contributed by atoms with Crippen LogP contribution >= 0.6 is 0 Å². The molecule has 1 N–H and O–H groups in total. The fourth-order valence-electron chi connectivity index (χ4n) is 3.51. The van der Waals surface area contributed by atoms with Crippen LogP contribution in [-0.4, -0.2) is 30.4 Å². The van der Waals surface area contributed by atoms with Gasteiger partial charge in [-0.3, -0.25) is 9.69 Å². The van der Waals surface area contributed by atoms with Gasteiger partial charge in [0.1, 0.15) is 5.82 Å². The number of carbonyl (C=O) groups is 1. The Kier molecular flexibility index (Phi) is 6.56. The van der Waals surface area contributed by atoms with E-state index in [-0.39, 0.29) is 18.1 Å². The van der Waals surface area contributed by atoms with Crippen LogP contribution in [0, 0.1) is 23.1 Å². The number of rotatable bonds is 6. The number of piperidine rings is 1. The summed E-state index contributed by atoms with van der Waals surface area (Å²) in [4.78, 5) is 14.5. The summed E-state index contributed by atoms with van der Waals surface area (Å²) in [7, 11) is 0. The van der Waals surface area contributed by atoms with E-state index in [1.165, 1.54) is 17.7 Å². The van der Waals surface area contributed by atoms with E-state index in [4.69, 9.17) is 5.26 Å². The molecular weight excluding hydrogens is 341 g/mol. The second kappa shape index (κ2) is 9.29. The smallest absolute Gasteiger partial charge is 0.224 e. The average Bonchev–Trinajstić information content (AvgIpc) is 2.69. The topological polar surface area (TPSA) is 56.1 Å². The molecular formula is C22H24FN3O. The number of hydrogen-bond donors (Lipinski definition) is 1. The van der Waals surface area contributed by atoms with Crippen molar-refractivity contribution in [2.24, 2.45) is 5.92 Å². The van der Waals surface area contributed by atoms with E-state index in [1.807, 2.05) is 24.3 Å². The predicted octanol–water partition coefficient (Wildman–Crippen LogP) is 3.27.